The first-order valence-electron chi connectivity index (χ1n) is 3.66. The Hall–Kier alpha value is -1.63. The lowest BCUT2D eigenvalue weighted by Crippen LogP contribution is -1.98. The summed E-state index contributed by atoms with van der Waals surface area (Å²) in [7, 11) is 0. The van der Waals surface area contributed by atoms with Crippen LogP contribution in [0.25, 0.3) is 4.98 Å². The van der Waals surface area contributed by atoms with E-state index < -0.39 is 5.82 Å². The number of nitrogens with one attached hydrogen (secondary N) is 1. The van der Waals surface area contributed by atoms with Gasteiger partial charge in [-0.3, -0.25) is 0 Å². The van der Waals surface area contributed by atoms with Crippen molar-refractivity contribution in [2.45, 2.75) is 6.92 Å². The minimum absolute atomic E-state index is 0.217. The average Bonchev–Trinajstić information content (AvgIpc) is 2.09. The molecule has 0 bridgehead atoms. The van der Waals surface area contributed by atoms with E-state index >= 15 is 0 Å². The second kappa shape index (κ2) is 3.67. The molecule has 3 nitrogen and oxygen atoms in total. The molecule has 1 N–H and O–H groups in total. The van der Waals surface area contributed by atoms with Gasteiger partial charge in [0.05, 0.1) is 11.8 Å². The maximum absolute atomic E-state index is 13.0. The van der Waals surface area contributed by atoms with Gasteiger partial charge in [-0.15, -0.1) is 0 Å². The third-order valence-electron chi connectivity index (χ3n) is 1.44. The molecule has 0 saturated heterocycles. The Morgan fingerprint density at radius 1 is 1.58 bits per heavy atom. The molecule has 0 unspecified atom stereocenters. The van der Waals surface area contributed by atoms with Crippen LogP contribution in [0.5, 0.6) is 0 Å². The molecule has 0 spiro atoms. The first-order chi connectivity index (χ1) is 5.77. The van der Waals surface area contributed by atoms with E-state index in [9.17, 15) is 4.39 Å². The van der Waals surface area contributed by atoms with Crippen LogP contribution in [0, 0.1) is 11.2 Å². The highest BCUT2D eigenvalue weighted by atomic mass is 19.1. The maximum atomic E-state index is 13.0. The number of hydrogen-bond acceptors (Lipinski definition) is 2. The van der Waals surface area contributed by atoms with Crippen molar-refractivity contribution in [3.05, 3.63) is 29.0 Å². The van der Waals surface area contributed by atoms with Crippen molar-refractivity contribution in [3.8, 4) is 0 Å². The van der Waals surface area contributed by atoms with Crippen LogP contribution in [0.4, 0.5) is 15.8 Å². The molecule has 0 heterocycles. The van der Waals surface area contributed by atoms with Crippen molar-refractivity contribution in [1.82, 2.24) is 0 Å². The van der Waals surface area contributed by atoms with Crippen LogP contribution in [0.2, 0.25) is 0 Å². The van der Waals surface area contributed by atoms with Crippen LogP contribution in [0.15, 0.2) is 18.2 Å². The number of hydrogen-bond donors (Lipinski definition) is 1. The van der Waals surface area contributed by atoms with E-state index in [0.29, 0.717) is 12.2 Å². The van der Waals surface area contributed by atoms with Crippen LogP contribution in [0.1, 0.15) is 6.92 Å². The Morgan fingerprint density at radius 2 is 2.33 bits per heavy atom. The maximum Gasteiger partial charge on any atom is 0.388 e. The fraction of sp³-hybridized carbons (Fsp3) is 0.250. The highest BCUT2D eigenvalue weighted by Gasteiger charge is 2.08. The largest absolute Gasteiger partial charge is 0.388 e. The van der Waals surface area contributed by atoms with Crippen molar-refractivity contribution >= 4 is 11.4 Å². The zero-order chi connectivity index (χ0) is 8.97. The van der Waals surface area contributed by atoms with Gasteiger partial charge in [-0.2, -0.15) is 0 Å². The summed E-state index contributed by atoms with van der Waals surface area (Å²) in [5.41, 5.74) is 0.638. The molecular formula is C8H9FN3+. The van der Waals surface area contributed by atoms with E-state index in [-0.39, 0.29) is 5.69 Å². The second-order valence-electron chi connectivity index (χ2n) is 2.29. The quantitative estimate of drug-likeness (QED) is 0.686. The Kier molecular flexibility index (Phi) is 2.59. The summed E-state index contributed by atoms with van der Waals surface area (Å²) in [6.07, 6.45) is 0. The average molecular weight is 166 g/mol. The minimum atomic E-state index is -0.410. The van der Waals surface area contributed by atoms with Gasteiger partial charge in [-0.25, -0.2) is 4.39 Å². The molecule has 0 amide bonds. The monoisotopic (exact) mass is 166 g/mol. The molecule has 1 aromatic rings. The normalized spacial score (nSPS) is 9.08. The van der Waals surface area contributed by atoms with Crippen LogP contribution in [-0.2, 0) is 0 Å². The smallest absolute Gasteiger partial charge is 0.383 e. The first kappa shape index (κ1) is 8.47. The van der Waals surface area contributed by atoms with E-state index in [4.69, 9.17) is 5.39 Å². The highest BCUT2D eigenvalue weighted by Crippen LogP contribution is 2.20. The van der Waals surface area contributed by atoms with Gasteiger partial charge in [0.25, 0.3) is 0 Å². The van der Waals surface area contributed by atoms with E-state index in [0.717, 1.165) is 6.07 Å². The van der Waals surface area contributed by atoms with Gasteiger partial charge in [-0.1, -0.05) is 0 Å². The first-order valence-corrected chi connectivity index (χ1v) is 3.66. The highest BCUT2D eigenvalue weighted by molar-refractivity contribution is 5.54. The molecule has 0 radical (unpaired) electrons. The number of diazo groups is 1. The topological polar surface area (TPSA) is 40.2 Å². The Balaban J connectivity index is 2.97. The summed E-state index contributed by atoms with van der Waals surface area (Å²) in [5, 5.41) is 11.1. The Labute approximate surface area is 69.8 Å². The van der Waals surface area contributed by atoms with Crippen LogP contribution in [-0.4, -0.2) is 6.54 Å². The van der Waals surface area contributed by atoms with E-state index in [1.165, 1.54) is 12.1 Å². The summed E-state index contributed by atoms with van der Waals surface area (Å²) in [4.78, 5) is 2.86. The van der Waals surface area contributed by atoms with E-state index in [1.54, 1.807) is 0 Å². The van der Waals surface area contributed by atoms with Gasteiger partial charge in [-0.05, 0) is 13.0 Å². The molecule has 0 atom stereocenters. The molecule has 0 saturated carbocycles. The summed E-state index contributed by atoms with van der Waals surface area (Å²) >= 11 is 0. The number of halogens is 1. The summed E-state index contributed by atoms with van der Waals surface area (Å²) in [6.45, 7) is 2.54. The van der Waals surface area contributed by atoms with Crippen molar-refractivity contribution in [2.75, 3.05) is 11.9 Å². The van der Waals surface area contributed by atoms with Crippen LogP contribution >= 0.6 is 0 Å². The molecule has 1 rings (SSSR count). The lowest BCUT2D eigenvalue weighted by molar-refractivity contribution is 0.631. The number of nitrogens with zero attached hydrogens (tertiary/aromatic N) is 2. The molecule has 0 fully saturated rings. The van der Waals surface area contributed by atoms with Crippen LogP contribution < -0.4 is 5.32 Å². The fourth-order valence-corrected chi connectivity index (χ4v) is 0.900. The van der Waals surface area contributed by atoms with Gasteiger partial charge < -0.3 is 5.32 Å². The third kappa shape index (κ3) is 1.70. The third-order valence-corrected chi connectivity index (χ3v) is 1.44. The summed E-state index contributed by atoms with van der Waals surface area (Å²) < 4.78 is 13.0. The van der Waals surface area contributed by atoms with Gasteiger partial charge in [0, 0.05) is 12.6 Å². The second-order valence-corrected chi connectivity index (χ2v) is 2.29. The predicted octanol–water partition coefficient (Wildman–Crippen LogP) is 2.74. The van der Waals surface area contributed by atoms with Crippen molar-refractivity contribution in [1.29, 1.82) is 5.39 Å². The molecule has 62 valence electrons. The molecule has 0 aromatic heterocycles. The lowest BCUT2D eigenvalue weighted by atomic mass is 10.2. The lowest BCUT2D eigenvalue weighted by Gasteiger charge is -2.01. The summed E-state index contributed by atoms with van der Waals surface area (Å²) in [6, 6.07) is 4.23. The van der Waals surface area contributed by atoms with Crippen LogP contribution in [0.3, 0.4) is 0 Å². The van der Waals surface area contributed by atoms with Gasteiger partial charge in [0.1, 0.15) is 0 Å². The SMILES string of the molecule is CCNc1ccc([N+]#N)cc1F. The number of rotatable bonds is 2. The standard InChI is InChI=1S/C8H9FN3/c1-2-11-8-4-3-6(12-10)5-7(8)9/h3-5,11H,2H2,1H3/q+1. The molecule has 0 aliphatic carbocycles. The Morgan fingerprint density at radius 3 is 2.83 bits per heavy atom. The molecular weight excluding hydrogens is 157 g/mol. The molecule has 0 aliphatic heterocycles. The van der Waals surface area contributed by atoms with E-state index in [1.807, 2.05) is 6.92 Å². The van der Waals surface area contributed by atoms with Crippen molar-refractivity contribution in [3.63, 3.8) is 0 Å². The zero-order valence-corrected chi connectivity index (χ0v) is 6.71. The molecule has 0 aliphatic rings. The van der Waals surface area contributed by atoms with Gasteiger partial charge in [0.2, 0.25) is 5.39 Å². The molecule has 12 heavy (non-hydrogen) atoms. The van der Waals surface area contributed by atoms with Gasteiger partial charge in [0.15, 0.2) is 10.8 Å². The van der Waals surface area contributed by atoms with Crippen molar-refractivity contribution < 1.29 is 4.39 Å². The predicted molar refractivity (Wildman–Crippen MR) is 45.3 cm³/mol. The number of anilines is 1. The van der Waals surface area contributed by atoms with Gasteiger partial charge >= 0.3 is 5.69 Å². The minimum Gasteiger partial charge on any atom is -0.383 e. The van der Waals surface area contributed by atoms with Crippen molar-refractivity contribution in [2.24, 2.45) is 0 Å². The Bertz CT molecular complexity index is 317. The zero-order valence-electron chi connectivity index (χ0n) is 6.71. The fourth-order valence-electron chi connectivity index (χ4n) is 0.900. The number of benzene rings is 1. The molecule has 4 heteroatoms. The molecule has 1 aromatic carbocycles. The summed E-state index contributed by atoms with van der Waals surface area (Å²) in [5.74, 6) is -0.410. The van der Waals surface area contributed by atoms with E-state index in [2.05, 4.69) is 10.3 Å².